The van der Waals surface area contributed by atoms with Crippen LogP contribution in [0, 0.1) is 24.2 Å². The van der Waals surface area contributed by atoms with Gasteiger partial charge in [-0.25, -0.2) is 0 Å². The summed E-state index contributed by atoms with van der Waals surface area (Å²) in [5, 5.41) is 0. The van der Waals surface area contributed by atoms with Gasteiger partial charge in [-0.1, -0.05) is 61.9 Å². The number of hydrogen-bond donors (Lipinski definition) is 1. The molecule has 0 fully saturated rings. The molecule has 2 spiro atoms. The van der Waals surface area contributed by atoms with Crippen molar-refractivity contribution < 1.29 is 4.79 Å². The smallest absolute Gasteiger partial charge is 0.169 e. The zero-order chi connectivity index (χ0) is 21.1. The second-order valence-corrected chi connectivity index (χ2v) is 9.80. The Hall–Kier alpha value is -2.42. The van der Waals surface area contributed by atoms with Gasteiger partial charge in [-0.15, -0.1) is 0 Å². The maximum absolute atomic E-state index is 14.3. The minimum atomic E-state index is -0.826. The van der Waals surface area contributed by atoms with Gasteiger partial charge in [0.1, 0.15) is 0 Å². The van der Waals surface area contributed by atoms with Crippen molar-refractivity contribution in [1.29, 1.82) is 0 Å². The SMILES string of the molecule is CCC1C(=O)C2(N=C(N)C1C)c1cc(C)ccc1CC21CCc2ccccc2CC1. The number of benzene rings is 2. The molecule has 2 N–H and O–H groups in total. The number of carbonyl (C=O) groups is 1. The third kappa shape index (κ3) is 2.50. The number of rotatable bonds is 1. The summed E-state index contributed by atoms with van der Waals surface area (Å²) in [7, 11) is 0. The van der Waals surface area contributed by atoms with Gasteiger partial charge in [0.05, 0.1) is 5.84 Å². The molecule has 0 amide bonds. The van der Waals surface area contributed by atoms with Gasteiger partial charge >= 0.3 is 0 Å². The van der Waals surface area contributed by atoms with Crippen LogP contribution in [0.2, 0.25) is 0 Å². The fourth-order valence-corrected chi connectivity index (χ4v) is 6.58. The number of carbonyl (C=O) groups excluding carboxylic acids is 1. The van der Waals surface area contributed by atoms with Crippen LogP contribution in [0.1, 0.15) is 60.9 Å². The minimum Gasteiger partial charge on any atom is -0.387 e. The summed E-state index contributed by atoms with van der Waals surface area (Å²) in [4.78, 5) is 19.5. The van der Waals surface area contributed by atoms with Crippen LogP contribution in [0.3, 0.4) is 0 Å². The molecule has 3 aliphatic rings. The molecule has 2 aliphatic carbocycles. The van der Waals surface area contributed by atoms with Crippen LogP contribution in [0.25, 0.3) is 0 Å². The lowest BCUT2D eigenvalue weighted by atomic mass is 9.59. The predicted octanol–water partition coefficient (Wildman–Crippen LogP) is 4.91. The summed E-state index contributed by atoms with van der Waals surface area (Å²) in [6.07, 6.45) is 5.69. The van der Waals surface area contributed by atoms with E-state index in [1.165, 1.54) is 22.3 Å². The molecule has 0 bridgehead atoms. The molecule has 3 nitrogen and oxygen atoms in total. The summed E-state index contributed by atoms with van der Waals surface area (Å²) in [6.45, 7) is 6.30. The maximum atomic E-state index is 14.3. The second-order valence-electron chi connectivity index (χ2n) is 9.80. The molecule has 2 aromatic carbocycles. The Morgan fingerprint density at radius 3 is 2.37 bits per heavy atom. The minimum absolute atomic E-state index is 0.0157. The second kappa shape index (κ2) is 6.80. The Morgan fingerprint density at radius 1 is 1.07 bits per heavy atom. The van der Waals surface area contributed by atoms with E-state index in [4.69, 9.17) is 10.7 Å². The van der Waals surface area contributed by atoms with Crippen molar-refractivity contribution >= 4 is 11.6 Å². The average molecular weight is 401 g/mol. The maximum Gasteiger partial charge on any atom is 0.169 e. The van der Waals surface area contributed by atoms with Gasteiger partial charge in [0.15, 0.2) is 11.3 Å². The van der Waals surface area contributed by atoms with E-state index in [1.807, 2.05) is 0 Å². The Bertz CT molecular complexity index is 1030. The number of aliphatic imine (C=N–C) groups is 1. The molecule has 3 atom stereocenters. The number of fused-ring (bicyclic) bond motifs is 4. The van der Waals surface area contributed by atoms with Crippen molar-refractivity contribution in [2.45, 2.75) is 64.8 Å². The van der Waals surface area contributed by atoms with Crippen LogP contribution < -0.4 is 5.73 Å². The van der Waals surface area contributed by atoms with Crippen molar-refractivity contribution in [2.24, 2.45) is 28.0 Å². The number of nitrogens with zero attached hydrogens (tertiary/aromatic N) is 1. The number of Topliss-reactive ketones (excluding diaryl/α,β-unsaturated/α-hetero) is 1. The van der Waals surface area contributed by atoms with E-state index in [9.17, 15) is 4.79 Å². The molecule has 5 rings (SSSR count). The molecule has 3 unspecified atom stereocenters. The first-order valence-corrected chi connectivity index (χ1v) is 11.5. The quantitative estimate of drug-likeness (QED) is 0.739. The van der Waals surface area contributed by atoms with E-state index in [1.54, 1.807) is 0 Å². The number of aryl methyl sites for hydroxylation is 3. The van der Waals surface area contributed by atoms with E-state index in [0.717, 1.165) is 44.1 Å². The fourth-order valence-electron chi connectivity index (χ4n) is 6.58. The molecule has 30 heavy (non-hydrogen) atoms. The van der Waals surface area contributed by atoms with E-state index in [-0.39, 0.29) is 17.3 Å². The molecule has 0 saturated carbocycles. The molecule has 0 radical (unpaired) electrons. The van der Waals surface area contributed by atoms with Crippen LogP contribution >= 0.6 is 0 Å². The molecular formula is C27H32N2O. The fraction of sp³-hybridized carbons (Fsp3) is 0.481. The van der Waals surface area contributed by atoms with Crippen molar-refractivity contribution in [3.05, 3.63) is 70.3 Å². The molecule has 1 heterocycles. The van der Waals surface area contributed by atoms with E-state index < -0.39 is 5.54 Å². The monoisotopic (exact) mass is 400 g/mol. The molecule has 156 valence electrons. The van der Waals surface area contributed by atoms with Crippen LogP contribution in [0.4, 0.5) is 0 Å². The van der Waals surface area contributed by atoms with E-state index in [2.05, 4.69) is 63.2 Å². The molecule has 2 aromatic rings. The highest BCUT2D eigenvalue weighted by atomic mass is 16.1. The van der Waals surface area contributed by atoms with Crippen molar-refractivity contribution in [2.75, 3.05) is 0 Å². The average Bonchev–Trinajstić information content (AvgIpc) is 2.86. The topological polar surface area (TPSA) is 55.5 Å². The first-order chi connectivity index (χ1) is 14.4. The van der Waals surface area contributed by atoms with Gasteiger partial charge in [0.2, 0.25) is 0 Å². The lowest BCUT2D eigenvalue weighted by molar-refractivity contribution is -0.135. The summed E-state index contributed by atoms with van der Waals surface area (Å²) in [6, 6.07) is 15.4. The lowest BCUT2D eigenvalue weighted by Gasteiger charge is -2.48. The van der Waals surface area contributed by atoms with Crippen LogP contribution in [-0.2, 0) is 29.6 Å². The number of amidine groups is 1. The highest BCUT2D eigenvalue weighted by Gasteiger charge is 2.64. The van der Waals surface area contributed by atoms with E-state index in [0.29, 0.717) is 11.6 Å². The Labute approximate surface area is 179 Å². The first-order valence-electron chi connectivity index (χ1n) is 11.5. The Morgan fingerprint density at radius 2 is 1.73 bits per heavy atom. The van der Waals surface area contributed by atoms with Crippen molar-refractivity contribution in [1.82, 2.24) is 0 Å². The molecular weight excluding hydrogens is 368 g/mol. The predicted molar refractivity (Wildman–Crippen MR) is 122 cm³/mol. The summed E-state index contributed by atoms with van der Waals surface area (Å²) in [5.74, 6) is 0.928. The number of ketones is 1. The summed E-state index contributed by atoms with van der Waals surface area (Å²) >= 11 is 0. The Kier molecular flexibility index (Phi) is 4.43. The molecule has 3 heteroatoms. The summed E-state index contributed by atoms with van der Waals surface area (Å²) in [5.41, 5.74) is 12.0. The van der Waals surface area contributed by atoms with Crippen LogP contribution in [-0.4, -0.2) is 11.6 Å². The van der Waals surface area contributed by atoms with Crippen molar-refractivity contribution in [3.8, 4) is 0 Å². The molecule has 1 aliphatic heterocycles. The number of nitrogens with two attached hydrogens (primary N) is 1. The van der Waals surface area contributed by atoms with Gasteiger partial charge < -0.3 is 5.73 Å². The third-order valence-corrected chi connectivity index (χ3v) is 8.32. The standard InChI is InChI=1S/C27H32N2O/c1-4-22-18(3)25(28)29-27(24(22)30)23-15-17(2)9-10-21(23)16-26(27)13-11-19-7-5-6-8-20(19)12-14-26/h5-10,15,18,22H,4,11-14,16H2,1-3H3,(H2,28,29). The lowest BCUT2D eigenvalue weighted by Crippen LogP contribution is -2.56. The van der Waals surface area contributed by atoms with Crippen LogP contribution in [0.5, 0.6) is 0 Å². The van der Waals surface area contributed by atoms with Crippen LogP contribution in [0.15, 0.2) is 47.5 Å². The highest BCUT2D eigenvalue weighted by Crippen LogP contribution is 2.61. The van der Waals surface area contributed by atoms with E-state index >= 15 is 0 Å². The third-order valence-electron chi connectivity index (χ3n) is 8.32. The Balaban J connectivity index is 1.73. The zero-order valence-electron chi connectivity index (χ0n) is 18.4. The van der Waals surface area contributed by atoms with Gasteiger partial charge in [-0.05, 0) is 67.7 Å². The van der Waals surface area contributed by atoms with Gasteiger partial charge in [-0.3, -0.25) is 9.79 Å². The highest BCUT2D eigenvalue weighted by molar-refractivity contribution is 6.03. The normalized spacial score (nSPS) is 29.4. The van der Waals surface area contributed by atoms with Gasteiger partial charge in [-0.2, -0.15) is 0 Å². The first kappa shape index (κ1) is 19.5. The molecule has 0 saturated heterocycles. The number of hydrogen-bond acceptors (Lipinski definition) is 3. The largest absolute Gasteiger partial charge is 0.387 e. The summed E-state index contributed by atoms with van der Waals surface area (Å²) < 4.78 is 0. The zero-order valence-corrected chi connectivity index (χ0v) is 18.4. The van der Waals surface area contributed by atoms with Gasteiger partial charge in [0, 0.05) is 17.3 Å². The molecule has 0 aromatic heterocycles. The van der Waals surface area contributed by atoms with Crippen molar-refractivity contribution in [3.63, 3.8) is 0 Å². The van der Waals surface area contributed by atoms with Gasteiger partial charge in [0.25, 0.3) is 0 Å².